The van der Waals surface area contributed by atoms with E-state index in [-0.39, 0.29) is 11.3 Å². The van der Waals surface area contributed by atoms with Crippen LogP contribution in [0.5, 0.6) is 0 Å². The molecule has 2 aliphatic heterocycles. The summed E-state index contributed by atoms with van der Waals surface area (Å²) in [4.78, 5) is 17.8. The summed E-state index contributed by atoms with van der Waals surface area (Å²) in [5.74, 6) is 0.0896. The number of halogens is 1. The number of hydrogen-bond donors (Lipinski definition) is 0. The molecule has 140 valence electrons. The monoisotopic (exact) mass is 424 g/mol. The lowest BCUT2D eigenvalue weighted by molar-refractivity contribution is 0.0977. The van der Waals surface area contributed by atoms with Crippen LogP contribution in [0.15, 0.2) is 59.6 Å². The molecule has 2 heterocycles. The molecule has 2 aromatic rings. The van der Waals surface area contributed by atoms with Gasteiger partial charge in [-0.05, 0) is 62.7 Å². The number of anilines is 1. The van der Waals surface area contributed by atoms with Gasteiger partial charge >= 0.3 is 0 Å². The highest BCUT2D eigenvalue weighted by atomic mass is 79.9. The lowest BCUT2D eigenvalue weighted by atomic mass is 9.74. The van der Waals surface area contributed by atoms with Crippen LogP contribution in [0.3, 0.4) is 0 Å². The maximum Gasteiger partial charge on any atom is 0.258 e. The second-order valence-electron chi connectivity index (χ2n) is 7.79. The molecule has 3 nitrogen and oxygen atoms in total. The first kappa shape index (κ1) is 18.5. The van der Waals surface area contributed by atoms with Crippen molar-refractivity contribution in [3.63, 3.8) is 0 Å². The minimum absolute atomic E-state index is 0.0701. The van der Waals surface area contributed by atoms with Gasteiger partial charge in [0.15, 0.2) is 0 Å². The zero-order valence-electron chi connectivity index (χ0n) is 15.7. The Morgan fingerprint density at radius 1 is 1.22 bits per heavy atom. The molecular formula is C23H25BrN2O. The lowest BCUT2D eigenvalue weighted by Crippen LogP contribution is -2.46. The van der Waals surface area contributed by atoms with E-state index in [4.69, 9.17) is 0 Å². The first-order valence-corrected chi connectivity index (χ1v) is 10.3. The number of carbonyl (C=O) groups excluding carboxylic acids is 1. The number of carbonyl (C=O) groups is 1. The molecule has 1 spiro atoms. The Morgan fingerprint density at radius 2 is 2.00 bits per heavy atom. The Kier molecular flexibility index (Phi) is 4.95. The number of nitrogens with zero attached hydrogens (tertiary/aromatic N) is 2. The van der Waals surface area contributed by atoms with Crippen LogP contribution in [0.4, 0.5) is 5.69 Å². The summed E-state index contributed by atoms with van der Waals surface area (Å²) in [5, 5.41) is 0. The van der Waals surface area contributed by atoms with Crippen molar-refractivity contribution < 1.29 is 4.79 Å². The summed E-state index contributed by atoms with van der Waals surface area (Å²) in [6.45, 7) is 9.83. The minimum atomic E-state index is 0.0701. The van der Waals surface area contributed by atoms with Gasteiger partial charge in [0.2, 0.25) is 0 Å². The summed E-state index contributed by atoms with van der Waals surface area (Å²) in [6.07, 6.45) is 4.15. The number of hydrogen-bond acceptors (Lipinski definition) is 2. The Balaban J connectivity index is 1.68. The van der Waals surface area contributed by atoms with E-state index in [2.05, 4.69) is 52.5 Å². The maximum atomic E-state index is 13.3. The van der Waals surface area contributed by atoms with E-state index in [0.717, 1.165) is 54.7 Å². The second-order valence-corrected chi connectivity index (χ2v) is 8.71. The number of likely N-dealkylation sites (tertiary alicyclic amines) is 1. The molecule has 27 heavy (non-hydrogen) atoms. The fraction of sp³-hybridized carbons (Fsp3) is 0.348. The molecule has 2 aliphatic rings. The van der Waals surface area contributed by atoms with Gasteiger partial charge in [0.25, 0.3) is 5.91 Å². The molecule has 0 bridgehead atoms. The summed E-state index contributed by atoms with van der Waals surface area (Å²) in [7, 11) is 0. The normalized spacial score (nSPS) is 18.5. The zero-order chi connectivity index (χ0) is 19.0. The standard InChI is InChI=1S/C23H25BrN2O/c1-3-11-25-12-9-23(10-13-25)16-26(21-8-7-17(2)14-20(21)23)22(27)18-5-4-6-19(24)15-18/h3-8,14-15H,1,9-13,16H2,2H3. The van der Waals surface area contributed by atoms with Crippen molar-refractivity contribution in [3.05, 3.63) is 76.3 Å². The molecule has 0 aromatic heterocycles. The van der Waals surface area contributed by atoms with E-state index in [1.54, 1.807) is 0 Å². The lowest BCUT2D eigenvalue weighted by Gasteiger charge is -2.39. The predicted molar refractivity (Wildman–Crippen MR) is 115 cm³/mol. The van der Waals surface area contributed by atoms with Gasteiger partial charge in [-0.25, -0.2) is 0 Å². The Bertz CT molecular complexity index is 884. The van der Waals surface area contributed by atoms with Crippen LogP contribution in [-0.2, 0) is 5.41 Å². The molecule has 1 saturated heterocycles. The molecule has 0 atom stereocenters. The predicted octanol–water partition coefficient (Wildman–Crippen LogP) is 4.94. The molecule has 4 heteroatoms. The topological polar surface area (TPSA) is 23.6 Å². The van der Waals surface area contributed by atoms with Gasteiger partial charge in [-0.3, -0.25) is 9.69 Å². The molecule has 0 unspecified atom stereocenters. The summed E-state index contributed by atoms with van der Waals surface area (Å²) < 4.78 is 0.934. The zero-order valence-corrected chi connectivity index (χ0v) is 17.3. The third-order valence-corrected chi connectivity index (χ3v) is 6.49. The number of fused-ring (bicyclic) bond motifs is 2. The largest absolute Gasteiger partial charge is 0.307 e. The minimum Gasteiger partial charge on any atom is -0.307 e. The molecule has 4 rings (SSSR count). The van der Waals surface area contributed by atoms with Crippen molar-refractivity contribution in [2.75, 3.05) is 31.1 Å². The van der Waals surface area contributed by atoms with E-state index < -0.39 is 0 Å². The van der Waals surface area contributed by atoms with Gasteiger partial charge in [-0.2, -0.15) is 0 Å². The van der Waals surface area contributed by atoms with Crippen LogP contribution in [0.2, 0.25) is 0 Å². The highest BCUT2D eigenvalue weighted by molar-refractivity contribution is 9.10. The van der Waals surface area contributed by atoms with Crippen LogP contribution in [-0.4, -0.2) is 37.0 Å². The second kappa shape index (κ2) is 7.25. The van der Waals surface area contributed by atoms with Crippen LogP contribution < -0.4 is 4.90 Å². The Morgan fingerprint density at radius 3 is 2.70 bits per heavy atom. The van der Waals surface area contributed by atoms with Gasteiger partial charge in [-0.1, -0.05) is 45.8 Å². The van der Waals surface area contributed by atoms with E-state index >= 15 is 0 Å². The molecule has 2 aromatic carbocycles. The summed E-state index contributed by atoms with van der Waals surface area (Å²) in [6, 6.07) is 14.2. The van der Waals surface area contributed by atoms with Gasteiger partial charge in [0, 0.05) is 34.2 Å². The molecule has 0 N–H and O–H groups in total. The van der Waals surface area contributed by atoms with Gasteiger partial charge in [0.1, 0.15) is 0 Å². The van der Waals surface area contributed by atoms with Crippen molar-refractivity contribution >= 4 is 27.5 Å². The van der Waals surface area contributed by atoms with E-state index in [1.807, 2.05) is 35.2 Å². The quantitative estimate of drug-likeness (QED) is 0.651. The number of amides is 1. The molecule has 0 aliphatic carbocycles. The van der Waals surface area contributed by atoms with E-state index in [0.29, 0.717) is 0 Å². The third kappa shape index (κ3) is 3.37. The van der Waals surface area contributed by atoms with Crippen LogP contribution >= 0.6 is 15.9 Å². The molecule has 0 radical (unpaired) electrons. The van der Waals surface area contributed by atoms with Crippen molar-refractivity contribution in [3.8, 4) is 0 Å². The molecule has 1 amide bonds. The van der Waals surface area contributed by atoms with Crippen molar-refractivity contribution in [1.29, 1.82) is 0 Å². The first-order valence-electron chi connectivity index (χ1n) is 9.54. The van der Waals surface area contributed by atoms with Crippen LogP contribution in [0.25, 0.3) is 0 Å². The average Bonchev–Trinajstić information content (AvgIpc) is 2.97. The van der Waals surface area contributed by atoms with Crippen molar-refractivity contribution in [2.24, 2.45) is 0 Å². The van der Waals surface area contributed by atoms with Crippen molar-refractivity contribution in [2.45, 2.75) is 25.2 Å². The first-order chi connectivity index (χ1) is 13.0. The van der Waals surface area contributed by atoms with Gasteiger partial charge in [-0.15, -0.1) is 6.58 Å². The van der Waals surface area contributed by atoms with Crippen LogP contribution in [0.1, 0.15) is 34.3 Å². The van der Waals surface area contributed by atoms with Gasteiger partial charge < -0.3 is 4.90 Å². The number of benzene rings is 2. The highest BCUT2D eigenvalue weighted by Gasteiger charge is 2.46. The Hall–Kier alpha value is -1.91. The maximum absolute atomic E-state index is 13.3. The average molecular weight is 425 g/mol. The third-order valence-electron chi connectivity index (χ3n) is 5.99. The van der Waals surface area contributed by atoms with Crippen molar-refractivity contribution in [1.82, 2.24) is 4.90 Å². The number of aryl methyl sites for hydroxylation is 1. The van der Waals surface area contributed by atoms with Crippen LogP contribution in [0, 0.1) is 6.92 Å². The molecule has 0 saturated carbocycles. The molecule has 1 fully saturated rings. The highest BCUT2D eigenvalue weighted by Crippen LogP contribution is 2.47. The molecular weight excluding hydrogens is 400 g/mol. The van der Waals surface area contributed by atoms with Gasteiger partial charge in [0.05, 0.1) is 0 Å². The SMILES string of the molecule is C=CCN1CCC2(CC1)CN(C(=O)c1cccc(Br)c1)c1ccc(C)cc12. The van der Waals surface area contributed by atoms with E-state index in [1.165, 1.54) is 11.1 Å². The fourth-order valence-electron chi connectivity index (χ4n) is 4.52. The smallest absolute Gasteiger partial charge is 0.258 e. The Labute approximate surface area is 169 Å². The summed E-state index contributed by atoms with van der Waals surface area (Å²) >= 11 is 3.49. The fourth-order valence-corrected chi connectivity index (χ4v) is 4.91. The summed E-state index contributed by atoms with van der Waals surface area (Å²) in [5.41, 5.74) is 4.50. The number of piperidine rings is 1. The van der Waals surface area contributed by atoms with E-state index in [9.17, 15) is 4.79 Å². The number of rotatable bonds is 3.